The first-order chi connectivity index (χ1) is 13.0. The Balaban J connectivity index is 1.53. The van der Waals surface area contributed by atoms with Crippen LogP contribution in [0.1, 0.15) is 32.7 Å². The maximum atomic E-state index is 12.0. The number of nitrogens with one attached hydrogen (secondary N) is 1. The number of esters is 1. The highest BCUT2D eigenvalue weighted by atomic mass is 32.1. The van der Waals surface area contributed by atoms with E-state index in [2.05, 4.69) is 5.32 Å². The van der Waals surface area contributed by atoms with Crippen LogP contribution in [0.4, 0.5) is 0 Å². The van der Waals surface area contributed by atoms with E-state index < -0.39 is 5.97 Å². The summed E-state index contributed by atoms with van der Waals surface area (Å²) in [5.41, 5.74) is 1.33. The number of hydrogen-bond donors (Lipinski definition) is 1. The number of ether oxygens (including phenoxy) is 1. The van der Waals surface area contributed by atoms with Crippen molar-refractivity contribution in [1.82, 2.24) is 5.32 Å². The molecule has 0 spiro atoms. The minimum absolute atomic E-state index is 0.00620. The van der Waals surface area contributed by atoms with Gasteiger partial charge in [-0.25, -0.2) is 4.79 Å². The molecule has 1 amide bonds. The highest BCUT2D eigenvalue weighted by molar-refractivity contribution is 7.09. The van der Waals surface area contributed by atoms with Crippen molar-refractivity contribution in [3.63, 3.8) is 0 Å². The Labute approximate surface area is 159 Å². The normalized spacial score (nSPS) is 10.4. The first-order valence-corrected chi connectivity index (χ1v) is 9.08. The predicted molar refractivity (Wildman–Crippen MR) is 101 cm³/mol. The number of carbonyl (C=O) groups excluding carboxylic acids is 3. The largest absolute Gasteiger partial charge is 0.450 e. The summed E-state index contributed by atoms with van der Waals surface area (Å²) in [6.07, 6.45) is 0. The molecule has 1 N–H and O–H groups in total. The zero-order chi connectivity index (χ0) is 19.2. The lowest BCUT2D eigenvalue weighted by atomic mass is 10.1. The molecular formula is C20H17NO5S. The zero-order valence-corrected chi connectivity index (χ0v) is 15.4. The summed E-state index contributed by atoms with van der Waals surface area (Å²) >= 11 is 1.53. The van der Waals surface area contributed by atoms with Crippen molar-refractivity contribution in [2.75, 3.05) is 6.61 Å². The van der Waals surface area contributed by atoms with Crippen molar-refractivity contribution < 1.29 is 23.5 Å². The monoisotopic (exact) mass is 383 g/mol. The maximum Gasteiger partial charge on any atom is 0.374 e. The molecule has 0 aliphatic rings. The fourth-order valence-corrected chi connectivity index (χ4v) is 2.97. The molecule has 0 aliphatic carbocycles. The van der Waals surface area contributed by atoms with Crippen LogP contribution in [0.15, 0.2) is 58.3 Å². The molecule has 3 rings (SSSR count). The first kappa shape index (κ1) is 18.6. The van der Waals surface area contributed by atoms with Crippen LogP contribution in [0.25, 0.3) is 11.3 Å². The van der Waals surface area contributed by atoms with Gasteiger partial charge in [0.05, 0.1) is 6.54 Å². The highest BCUT2D eigenvalue weighted by Gasteiger charge is 2.15. The predicted octanol–water partition coefficient (Wildman–Crippen LogP) is 3.68. The van der Waals surface area contributed by atoms with Crippen LogP contribution in [-0.2, 0) is 16.1 Å². The molecule has 0 unspecified atom stereocenters. The summed E-state index contributed by atoms with van der Waals surface area (Å²) in [4.78, 5) is 36.1. The van der Waals surface area contributed by atoms with Gasteiger partial charge >= 0.3 is 5.97 Å². The summed E-state index contributed by atoms with van der Waals surface area (Å²) in [6.45, 7) is 1.51. The van der Waals surface area contributed by atoms with Gasteiger partial charge in [0, 0.05) is 16.0 Å². The standard InChI is InChI=1S/C20H17NO5S/c1-13(22)14-4-6-15(7-5-14)17-8-9-18(26-17)20(24)25-12-19(23)21-11-16-3-2-10-27-16/h2-10H,11-12H2,1H3,(H,21,23). The number of rotatable bonds is 7. The summed E-state index contributed by atoms with van der Waals surface area (Å²) in [5, 5.41) is 4.59. The molecule has 0 bridgehead atoms. The summed E-state index contributed by atoms with van der Waals surface area (Å²) in [7, 11) is 0. The molecule has 0 radical (unpaired) electrons. The van der Waals surface area contributed by atoms with Crippen LogP contribution in [-0.4, -0.2) is 24.3 Å². The maximum absolute atomic E-state index is 12.0. The topological polar surface area (TPSA) is 85.6 Å². The van der Waals surface area contributed by atoms with E-state index in [1.54, 1.807) is 30.3 Å². The second-order valence-electron chi connectivity index (χ2n) is 5.73. The van der Waals surface area contributed by atoms with Crippen molar-refractivity contribution in [3.8, 4) is 11.3 Å². The smallest absolute Gasteiger partial charge is 0.374 e. The molecule has 0 atom stereocenters. The Morgan fingerprint density at radius 2 is 1.85 bits per heavy atom. The third-order valence-electron chi connectivity index (χ3n) is 3.76. The number of thiophene rings is 1. The van der Waals surface area contributed by atoms with E-state index >= 15 is 0 Å². The molecule has 0 saturated heterocycles. The Morgan fingerprint density at radius 1 is 1.07 bits per heavy atom. The molecule has 7 heteroatoms. The van der Waals surface area contributed by atoms with Crippen LogP contribution in [0.2, 0.25) is 0 Å². The number of ketones is 1. The Hall–Kier alpha value is -3.19. The second kappa shape index (κ2) is 8.46. The van der Waals surface area contributed by atoms with Gasteiger partial charge < -0.3 is 14.5 Å². The Morgan fingerprint density at radius 3 is 2.52 bits per heavy atom. The number of amides is 1. The molecular weight excluding hydrogens is 366 g/mol. The van der Waals surface area contributed by atoms with Crippen molar-refractivity contribution >= 4 is 29.0 Å². The van der Waals surface area contributed by atoms with Crippen molar-refractivity contribution in [3.05, 3.63) is 70.1 Å². The third-order valence-corrected chi connectivity index (χ3v) is 4.63. The van der Waals surface area contributed by atoms with Gasteiger partial charge in [-0.1, -0.05) is 30.3 Å². The van der Waals surface area contributed by atoms with Gasteiger partial charge in [-0.15, -0.1) is 11.3 Å². The van der Waals surface area contributed by atoms with E-state index in [0.29, 0.717) is 17.9 Å². The van der Waals surface area contributed by atoms with Crippen LogP contribution >= 0.6 is 11.3 Å². The second-order valence-corrected chi connectivity index (χ2v) is 6.76. The van der Waals surface area contributed by atoms with Gasteiger partial charge in [0.25, 0.3) is 5.91 Å². The molecule has 2 heterocycles. The molecule has 0 fully saturated rings. The van der Waals surface area contributed by atoms with Gasteiger partial charge in [0.1, 0.15) is 5.76 Å². The molecule has 1 aromatic carbocycles. The van der Waals surface area contributed by atoms with E-state index in [1.807, 2.05) is 17.5 Å². The van der Waals surface area contributed by atoms with Gasteiger partial charge in [-0.05, 0) is 30.5 Å². The van der Waals surface area contributed by atoms with Gasteiger partial charge in [-0.2, -0.15) is 0 Å². The molecule has 3 aromatic rings. The average molecular weight is 383 g/mol. The van der Waals surface area contributed by atoms with Crippen molar-refractivity contribution in [2.24, 2.45) is 0 Å². The van der Waals surface area contributed by atoms with E-state index in [-0.39, 0.29) is 24.1 Å². The number of benzene rings is 1. The minimum Gasteiger partial charge on any atom is -0.450 e. The van der Waals surface area contributed by atoms with Crippen molar-refractivity contribution in [2.45, 2.75) is 13.5 Å². The SMILES string of the molecule is CC(=O)c1ccc(-c2ccc(C(=O)OCC(=O)NCc3cccs3)o2)cc1. The molecule has 0 aliphatic heterocycles. The molecule has 27 heavy (non-hydrogen) atoms. The van der Waals surface area contributed by atoms with Gasteiger partial charge in [0.15, 0.2) is 12.4 Å². The van der Waals surface area contributed by atoms with E-state index in [0.717, 1.165) is 10.4 Å². The fraction of sp³-hybridized carbons (Fsp3) is 0.150. The highest BCUT2D eigenvalue weighted by Crippen LogP contribution is 2.23. The molecule has 6 nitrogen and oxygen atoms in total. The number of hydrogen-bond acceptors (Lipinski definition) is 6. The molecule has 2 aromatic heterocycles. The quantitative estimate of drug-likeness (QED) is 0.497. The lowest BCUT2D eigenvalue weighted by molar-refractivity contribution is -0.124. The average Bonchev–Trinajstić information content (AvgIpc) is 3.36. The lowest BCUT2D eigenvalue weighted by Crippen LogP contribution is -2.28. The zero-order valence-electron chi connectivity index (χ0n) is 14.6. The van der Waals surface area contributed by atoms with Gasteiger partial charge in [-0.3, -0.25) is 9.59 Å². The fourth-order valence-electron chi connectivity index (χ4n) is 2.32. The van der Waals surface area contributed by atoms with Crippen LogP contribution in [0.3, 0.4) is 0 Å². The van der Waals surface area contributed by atoms with E-state index in [4.69, 9.17) is 9.15 Å². The number of furan rings is 1. The summed E-state index contributed by atoms with van der Waals surface area (Å²) in [6, 6.07) is 13.8. The number of carbonyl (C=O) groups is 3. The third kappa shape index (κ3) is 4.92. The van der Waals surface area contributed by atoms with Crippen LogP contribution < -0.4 is 5.32 Å². The van der Waals surface area contributed by atoms with Crippen LogP contribution in [0.5, 0.6) is 0 Å². The van der Waals surface area contributed by atoms with E-state index in [9.17, 15) is 14.4 Å². The molecule has 138 valence electrons. The first-order valence-electron chi connectivity index (χ1n) is 8.20. The number of Topliss-reactive ketones (excluding diaryl/α,β-unsaturated/α-hetero) is 1. The van der Waals surface area contributed by atoms with Crippen LogP contribution in [0, 0.1) is 0 Å². The summed E-state index contributed by atoms with van der Waals surface area (Å²) < 4.78 is 10.5. The summed E-state index contributed by atoms with van der Waals surface area (Å²) in [5.74, 6) is -0.648. The van der Waals surface area contributed by atoms with E-state index in [1.165, 1.54) is 24.3 Å². The Bertz CT molecular complexity index is 941. The molecule has 0 saturated carbocycles. The minimum atomic E-state index is -0.715. The lowest BCUT2D eigenvalue weighted by Gasteiger charge is -2.04. The van der Waals surface area contributed by atoms with Gasteiger partial charge in [0.2, 0.25) is 5.76 Å². The Kier molecular flexibility index (Phi) is 5.83. The van der Waals surface area contributed by atoms with Crippen molar-refractivity contribution in [1.29, 1.82) is 0 Å².